The van der Waals surface area contributed by atoms with Gasteiger partial charge < -0.3 is 15.8 Å². The van der Waals surface area contributed by atoms with Gasteiger partial charge in [0.15, 0.2) is 0 Å². The Morgan fingerprint density at radius 2 is 2.00 bits per heavy atom. The van der Waals surface area contributed by atoms with E-state index < -0.39 is 5.91 Å². The molecule has 0 saturated carbocycles. The molecule has 0 atom stereocenters. The molecular formula is C14H14ClN3O2. The van der Waals surface area contributed by atoms with Crippen LogP contribution in [0.3, 0.4) is 0 Å². The van der Waals surface area contributed by atoms with E-state index in [-0.39, 0.29) is 6.61 Å². The molecule has 1 aromatic heterocycles. The van der Waals surface area contributed by atoms with Crippen LogP contribution in [0.5, 0.6) is 5.75 Å². The number of halogens is 1. The Kier molecular flexibility index (Phi) is 4.42. The molecule has 5 nitrogen and oxygen atoms in total. The molecule has 0 bridgehead atoms. The van der Waals surface area contributed by atoms with Gasteiger partial charge >= 0.3 is 0 Å². The molecule has 0 radical (unpaired) electrons. The van der Waals surface area contributed by atoms with E-state index in [1.807, 2.05) is 0 Å². The highest BCUT2D eigenvalue weighted by Gasteiger charge is 2.05. The second-order valence-corrected chi connectivity index (χ2v) is 4.46. The highest BCUT2D eigenvalue weighted by atomic mass is 35.5. The van der Waals surface area contributed by atoms with Crippen LogP contribution in [-0.4, -0.2) is 17.9 Å². The topological polar surface area (TPSA) is 77.2 Å². The number of amides is 1. The summed E-state index contributed by atoms with van der Waals surface area (Å²) in [6.45, 7) is 0.240. The fourth-order valence-corrected chi connectivity index (χ4v) is 1.75. The molecule has 0 spiro atoms. The molecule has 104 valence electrons. The Hall–Kier alpha value is -2.27. The predicted molar refractivity (Wildman–Crippen MR) is 78.1 cm³/mol. The van der Waals surface area contributed by atoms with Gasteiger partial charge in [0.25, 0.3) is 0 Å². The summed E-state index contributed by atoms with van der Waals surface area (Å²) in [6.07, 6.45) is 0. The van der Waals surface area contributed by atoms with Crippen molar-refractivity contribution in [2.24, 2.45) is 5.73 Å². The molecule has 2 aromatic rings. The van der Waals surface area contributed by atoms with Gasteiger partial charge in [0, 0.05) is 12.6 Å². The van der Waals surface area contributed by atoms with Crippen molar-refractivity contribution < 1.29 is 9.53 Å². The minimum absolute atomic E-state index is 0.240. The number of nitrogens with one attached hydrogen (secondary N) is 1. The summed E-state index contributed by atoms with van der Waals surface area (Å²) in [5.41, 5.74) is 6.24. The molecule has 20 heavy (non-hydrogen) atoms. The van der Waals surface area contributed by atoms with E-state index in [0.717, 1.165) is 5.82 Å². The van der Waals surface area contributed by atoms with Gasteiger partial charge in [-0.15, -0.1) is 0 Å². The van der Waals surface area contributed by atoms with Gasteiger partial charge in [-0.2, -0.15) is 0 Å². The molecule has 0 aliphatic rings. The molecule has 2 rings (SSSR count). The number of hydrogen-bond acceptors (Lipinski definition) is 4. The standard InChI is InChI=1S/C14H14ClN3O2/c1-17-13-7-6-11(15)12(18-13)8-20-10-4-2-9(3-5-10)14(16)19/h2-7H,8H2,1H3,(H2,16,19)(H,17,18). The van der Waals surface area contributed by atoms with E-state index >= 15 is 0 Å². The van der Waals surface area contributed by atoms with Crippen LogP contribution in [0.2, 0.25) is 5.02 Å². The second kappa shape index (κ2) is 6.25. The summed E-state index contributed by atoms with van der Waals surface area (Å²) in [5, 5.41) is 3.48. The first kappa shape index (κ1) is 14.1. The lowest BCUT2D eigenvalue weighted by atomic mass is 10.2. The minimum Gasteiger partial charge on any atom is -0.487 e. The van der Waals surface area contributed by atoms with E-state index in [1.54, 1.807) is 43.4 Å². The summed E-state index contributed by atoms with van der Waals surface area (Å²) in [4.78, 5) is 15.3. The number of benzene rings is 1. The minimum atomic E-state index is -0.469. The molecular weight excluding hydrogens is 278 g/mol. The number of nitrogens with zero attached hydrogens (tertiary/aromatic N) is 1. The van der Waals surface area contributed by atoms with Crippen LogP contribution < -0.4 is 15.8 Å². The van der Waals surface area contributed by atoms with Crippen molar-refractivity contribution in [1.82, 2.24) is 4.98 Å². The smallest absolute Gasteiger partial charge is 0.248 e. The summed E-state index contributed by atoms with van der Waals surface area (Å²) in [6, 6.07) is 10.1. The third-order valence-corrected chi connectivity index (χ3v) is 3.03. The van der Waals surface area contributed by atoms with Crippen LogP contribution in [0.25, 0.3) is 0 Å². The lowest BCUT2D eigenvalue weighted by Gasteiger charge is -2.09. The maximum atomic E-state index is 11.0. The first-order chi connectivity index (χ1) is 9.60. The van der Waals surface area contributed by atoms with Crippen LogP contribution >= 0.6 is 11.6 Å². The zero-order valence-electron chi connectivity index (χ0n) is 10.9. The van der Waals surface area contributed by atoms with Crippen LogP contribution in [-0.2, 0) is 6.61 Å². The van der Waals surface area contributed by atoms with E-state index in [2.05, 4.69) is 10.3 Å². The fourth-order valence-electron chi connectivity index (χ4n) is 1.59. The number of carbonyl (C=O) groups is 1. The average molecular weight is 292 g/mol. The highest BCUT2D eigenvalue weighted by Crippen LogP contribution is 2.19. The van der Waals surface area contributed by atoms with Crippen molar-refractivity contribution in [3.8, 4) is 5.75 Å². The Morgan fingerprint density at radius 1 is 1.30 bits per heavy atom. The zero-order chi connectivity index (χ0) is 14.5. The lowest BCUT2D eigenvalue weighted by molar-refractivity contribution is 0.100. The molecule has 3 N–H and O–H groups in total. The third kappa shape index (κ3) is 3.39. The van der Waals surface area contributed by atoms with Gasteiger partial charge in [0.2, 0.25) is 5.91 Å². The molecule has 1 heterocycles. The van der Waals surface area contributed by atoms with Crippen LogP contribution in [0, 0.1) is 0 Å². The number of carbonyl (C=O) groups excluding carboxylic acids is 1. The third-order valence-electron chi connectivity index (χ3n) is 2.69. The van der Waals surface area contributed by atoms with Crippen molar-refractivity contribution in [1.29, 1.82) is 0 Å². The Morgan fingerprint density at radius 3 is 2.60 bits per heavy atom. The summed E-state index contributed by atoms with van der Waals surface area (Å²) < 4.78 is 5.58. The van der Waals surface area contributed by atoms with Crippen molar-refractivity contribution in [3.63, 3.8) is 0 Å². The SMILES string of the molecule is CNc1ccc(Cl)c(COc2ccc(C(N)=O)cc2)n1. The number of ether oxygens (including phenoxy) is 1. The van der Waals surface area contributed by atoms with Gasteiger partial charge in [-0.3, -0.25) is 4.79 Å². The molecule has 1 amide bonds. The number of hydrogen-bond donors (Lipinski definition) is 2. The number of aromatic nitrogens is 1. The molecule has 1 aromatic carbocycles. The van der Waals surface area contributed by atoms with Gasteiger partial charge in [0.05, 0.1) is 10.7 Å². The number of rotatable bonds is 5. The molecule has 0 aliphatic carbocycles. The van der Waals surface area contributed by atoms with Gasteiger partial charge in [-0.25, -0.2) is 4.98 Å². The maximum Gasteiger partial charge on any atom is 0.248 e. The number of pyridine rings is 1. The van der Waals surface area contributed by atoms with Gasteiger partial charge in [0.1, 0.15) is 18.2 Å². The Labute approximate surface area is 121 Å². The van der Waals surface area contributed by atoms with Crippen molar-refractivity contribution in [2.75, 3.05) is 12.4 Å². The number of nitrogens with two attached hydrogens (primary N) is 1. The number of anilines is 1. The van der Waals surface area contributed by atoms with Gasteiger partial charge in [-0.05, 0) is 36.4 Å². The Bertz CT molecular complexity index is 614. The molecule has 0 unspecified atom stereocenters. The predicted octanol–water partition coefficient (Wildman–Crippen LogP) is 2.45. The summed E-state index contributed by atoms with van der Waals surface area (Å²) in [5.74, 6) is 0.864. The van der Waals surface area contributed by atoms with Crippen LogP contribution in [0.4, 0.5) is 5.82 Å². The Balaban J connectivity index is 2.06. The van der Waals surface area contributed by atoms with Crippen LogP contribution in [0.15, 0.2) is 36.4 Å². The molecule has 0 saturated heterocycles. The largest absolute Gasteiger partial charge is 0.487 e. The lowest BCUT2D eigenvalue weighted by Crippen LogP contribution is -2.10. The maximum absolute atomic E-state index is 11.0. The van der Waals surface area contributed by atoms with Crippen molar-refractivity contribution >= 4 is 23.3 Å². The average Bonchev–Trinajstić information content (AvgIpc) is 2.47. The summed E-state index contributed by atoms with van der Waals surface area (Å²) >= 11 is 6.05. The van der Waals surface area contributed by atoms with Crippen molar-refractivity contribution in [2.45, 2.75) is 6.61 Å². The first-order valence-electron chi connectivity index (χ1n) is 5.96. The van der Waals surface area contributed by atoms with E-state index in [9.17, 15) is 4.79 Å². The van der Waals surface area contributed by atoms with E-state index in [1.165, 1.54) is 0 Å². The number of primary amides is 1. The van der Waals surface area contributed by atoms with Gasteiger partial charge in [-0.1, -0.05) is 11.6 Å². The van der Waals surface area contributed by atoms with Crippen molar-refractivity contribution in [3.05, 3.63) is 52.7 Å². The summed E-state index contributed by atoms with van der Waals surface area (Å²) in [7, 11) is 1.78. The zero-order valence-corrected chi connectivity index (χ0v) is 11.6. The highest BCUT2D eigenvalue weighted by molar-refractivity contribution is 6.31. The van der Waals surface area contributed by atoms with E-state index in [0.29, 0.717) is 22.0 Å². The normalized spacial score (nSPS) is 10.1. The molecule has 0 fully saturated rings. The molecule has 0 aliphatic heterocycles. The fraction of sp³-hybridized carbons (Fsp3) is 0.143. The molecule has 6 heteroatoms. The first-order valence-corrected chi connectivity index (χ1v) is 6.34. The van der Waals surface area contributed by atoms with E-state index in [4.69, 9.17) is 22.1 Å². The van der Waals surface area contributed by atoms with Crippen LogP contribution in [0.1, 0.15) is 16.1 Å². The monoisotopic (exact) mass is 291 g/mol. The second-order valence-electron chi connectivity index (χ2n) is 4.05. The quantitative estimate of drug-likeness (QED) is 0.887.